The second-order valence-electron chi connectivity index (χ2n) is 6.92. The van der Waals surface area contributed by atoms with Crippen molar-refractivity contribution in [3.8, 4) is 11.5 Å². The van der Waals surface area contributed by atoms with Crippen molar-refractivity contribution < 1.29 is 19.1 Å². The lowest BCUT2D eigenvalue weighted by Crippen LogP contribution is -2.24. The van der Waals surface area contributed by atoms with Crippen molar-refractivity contribution in [2.24, 2.45) is 5.10 Å². The van der Waals surface area contributed by atoms with Gasteiger partial charge in [0.05, 0.1) is 11.8 Å². The molecule has 0 atom stereocenters. The number of benzene rings is 4. The average molecular weight is 424 g/mol. The SMILES string of the molecule is O=C(COc1ccc2ccccc2c1)NN=Cc1cccc(OC(=O)c2ccccc2)c1. The molecule has 32 heavy (non-hydrogen) atoms. The predicted octanol–water partition coefficient (Wildman–Crippen LogP) is 4.59. The summed E-state index contributed by atoms with van der Waals surface area (Å²) in [5, 5.41) is 6.08. The van der Waals surface area contributed by atoms with Crippen LogP contribution in [0.3, 0.4) is 0 Å². The normalized spacial score (nSPS) is 10.8. The van der Waals surface area contributed by atoms with E-state index in [4.69, 9.17) is 9.47 Å². The molecule has 0 saturated carbocycles. The van der Waals surface area contributed by atoms with Crippen LogP contribution in [0.15, 0.2) is 102 Å². The Bertz CT molecular complexity index is 1270. The van der Waals surface area contributed by atoms with Crippen molar-refractivity contribution in [2.75, 3.05) is 6.61 Å². The third-order valence-corrected chi connectivity index (χ3v) is 4.57. The first-order valence-electron chi connectivity index (χ1n) is 9.98. The van der Waals surface area contributed by atoms with E-state index in [-0.39, 0.29) is 12.5 Å². The Labute approximate surface area is 185 Å². The van der Waals surface area contributed by atoms with Gasteiger partial charge in [0.25, 0.3) is 5.91 Å². The molecule has 0 unspecified atom stereocenters. The second kappa shape index (κ2) is 10.0. The van der Waals surface area contributed by atoms with E-state index in [1.54, 1.807) is 48.5 Å². The quantitative estimate of drug-likeness (QED) is 0.204. The van der Waals surface area contributed by atoms with Gasteiger partial charge in [-0.25, -0.2) is 10.2 Å². The van der Waals surface area contributed by atoms with Crippen LogP contribution >= 0.6 is 0 Å². The minimum absolute atomic E-state index is 0.162. The maximum Gasteiger partial charge on any atom is 0.343 e. The van der Waals surface area contributed by atoms with Crippen LogP contribution in [0.4, 0.5) is 0 Å². The Morgan fingerprint density at radius 2 is 1.56 bits per heavy atom. The first kappa shape index (κ1) is 20.8. The first-order chi connectivity index (χ1) is 15.7. The van der Waals surface area contributed by atoms with Gasteiger partial charge in [-0.2, -0.15) is 5.10 Å². The summed E-state index contributed by atoms with van der Waals surface area (Å²) in [6.07, 6.45) is 1.47. The molecule has 4 aromatic carbocycles. The van der Waals surface area contributed by atoms with E-state index in [9.17, 15) is 9.59 Å². The fraction of sp³-hybridized carbons (Fsp3) is 0.0385. The fourth-order valence-electron chi connectivity index (χ4n) is 3.02. The zero-order chi connectivity index (χ0) is 22.2. The molecule has 0 radical (unpaired) electrons. The number of hydrogen-bond acceptors (Lipinski definition) is 5. The maximum absolute atomic E-state index is 12.2. The van der Waals surface area contributed by atoms with Gasteiger partial charge < -0.3 is 9.47 Å². The molecule has 4 rings (SSSR count). The molecule has 0 spiro atoms. The molecule has 6 nitrogen and oxygen atoms in total. The molecule has 0 fully saturated rings. The van der Waals surface area contributed by atoms with E-state index in [1.807, 2.05) is 48.5 Å². The molecule has 0 heterocycles. The van der Waals surface area contributed by atoms with Crippen LogP contribution in [0.1, 0.15) is 15.9 Å². The molecule has 0 aromatic heterocycles. The number of amides is 1. The lowest BCUT2D eigenvalue weighted by atomic mass is 10.1. The number of rotatable bonds is 7. The van der Waals surface area contributed by atoms with Gasteiger partial charge in [-0.1, -0.05) is 60.7 Å². The molecule has 1 amide bonds. The second-order valence-corrected chi connectivity index (χ2v) is 6.92. The largest absolute Gasteiger partial charge is 0.484 e. The summed E-state index contributed by atoms with van der Waals surface area (Å²) < 4.78 is 10.9. The average Bonchev–Trinajstić information content (AvgIpc) is 2.83. The Balaban J connectivity index is 1.29. The number of fused-ring (bicyclic) bond motifs is 1. The van der Waals surface area contributed by atoms with Crippen LogP contribution in [-0.4, -0.2) is 24.7 Å². The number of hydrogen-bond donors (Lipinski definition) is 1. The zero-order valence-electron chi connectivity index (χ0n) is 17.1. The highest BCUT2D eigenvalue weighted by Gasteiger charge is 2.08. The molecule has 0 aliphatic carbocycles. The van der Waals surface area contributed by atoms with E-state index >= 15 is 0 Å². The third-order valence-electron chi connectivity index (χ3n) is 4.57. The summed E-state index contributed by atoms with van der Waals surface area (Å²) in [5.74, 6) is 0.157. The summed E-state index contributed by atoms with van der Waals surface area (Å²) in [6, 6.07) is 29.1. The van der Waals surface area contributed by atoms with Gasteiger partial charge in [0.2, 0.25) is 0 Å². The maximum atomic E-state index is 12.2. The number of carbonyl (C=O) groups excluding carboxylic acids is 2. The lowest BCUT2D eigenvalue weighted by molar-refractivity contribution is -0.123. The first-order valence-corrected chi connectivity index (χ1v) is 9.98. The van der Waals surface area contributed by atoms with Crippen molar-refractivity contribution in [3.63, 3.8) is 0 Å². The van der Waals surface area contributed by atoms with Gasteiger partial charge in [-0.3, -0.25) is 4.79 Å². The minimum atomic E-state index is -0.446. The molecular weight excluding hydrogens is 404 g/mol. The lowest BCUT2D eigenvalue weighted by Gasteiger charge is -2.06. The van der Waals surface area contributed by atoms with Crippen LogP contribution in [0.5, 0.6) is 11.5 Å². The molecule has 0 bridgehead atoms. The van der Waals surface area contributed by atoms with E-state index in [0.717, 1.165) is 10.8 Å². The topological polar surface area (TPSA) is 77.0 Å². The molecule has 158 valence electrons. The fourth-order valence-corrected chi connectivity index (χ4v) is 3.02. The van der Waals surface area contributed by atoms with E-state index in [1.165, 1.54) is 6.21 Å². The highest BCUT2D eigenvalue weighted by Crippen LogP contribution is 2.20. The monoisotopic (exact) mass is 424 g/mol. The highest BCUT2D eigenvalue weighted by molar-refractivity contribution is 5.91. The van der Waals surface area contributed by atoms with Crippen LogP contribution in [0.25, 0.3) is 10.8 Å². The number of nitrogens with zero attached hydrogens (tertiary/aromatic N) is 1. The molecule has 4 aromatic rings. The summed E-state index contributed by atoms with van der Waals surface area (Å²) in [7, 11) is 0. The summed E-state index contributed by atoms with van der Waals surface area (Å²) in [6.45, 7) is -0.162. The van der Waals surface area contributed by atoms with Crippen LogP contribution in [-0.2, 0) is 4.79 Å². The summed E-state index contributed by atoms with van der Waals surface area (Å²) in [4.78, 5) is 24.2. The molecule has 0 saturated heterocycles. The summed E-state index contributed by atoms with van der Waals surface area (Å²) in [5.41, 5.74) is 3.55. The molecule has 0 aliphatic heterocycles. The molecule has 1 N–H and O–H groups in total. The van der Waals surface area contributed by atoms with Gasteiger partial charge in [0.15, 0.2) is 6.61 Å². The number of nitrogens with one attached hydrogen (secondary N) is 1. The Kier molecular flexibility index (Phi) is 6.53. The molecule has 6 heteroatoms. The number of esters is 1. The van der Waals surface area contributed by atoms with Gasteiger partial charge in [-0.15, -0.1) is 0 Å². The van der Waals surface area contributed by atoms with Crippen molar-refractivity contribution in [3.05, 3.63) is 108 Å². The van der Waals surface area contributed by atoms with Crippen molar-refractivity contribution in [1.82, 2.24) is 5.43 Å². The van der Waals surface area contributed by atoms with Gasteiger partial charge in [0, 0.05) is 0 Å². The van der Waals surface area contributed by atoms with Gasteiger partial charge in [-0.05, 0) is 52.7 Å². The van der Waals surface area contributed by atoms with Crippen LogP contribution in [0, 0.1) is 0 Å². The summed E-state index contributed by atoms with van der Waals surface area (Å²) >= 11 is 0. The van der Waals surface area contributed by atoms with Gasteiger partial charge in [0.1, 0.15) is 11.5 Å². The van der Waals surface area contributed by atoms with E-state index in [0.29, 0.717) is 22.6 Å². The highest BCUT2D eigenvalue weighted by atomic mass is 16.5. The standard InChI is InChI=1S/C26H20N2O4/c29-25(18-31-23-14-13-20-8-4-5-11-22(20)16-23)28-27-17-19-7-6-12-24(15-19)32-26(30)21-9-2-1-3-10-21/h1-17H,18H2,(H,28,29). The van der Waals surface area contributed by atoms with E-state index in [2.05, 4.69) is 10.5 Å². The molecular formula is C26H20N2O4. The van der Waals surface area contributed by atoms with Crippen molar-refractivity contribution >= 4 is 28.9 Å². The van der Waals surface area contributed by atoms with Crippen LogP contribution < -0.4 is 14.9 Å². The number of carbonyl (C=O) groups is 2. The predicted molar refractivity (Wildman–Crippen MR) is 123 cm³/mol. The van der Waals surface area contributed by atoms with Crippen molar-refractivity contribution in [1.29, 1.82) is 0 Å². The van der Waals surface area contributed by atoms with Gasteiger partial charge >= 0.3 is 5.97 Å². The van der Waals surface area contributed by atoms with E-state index < -0.39 is 5.97 Å². The van der Waals surface area contributed by atoms with Crippen molar-refractivity contribution in [2.45, 2.75) is 0 Å². The zero-order valence-corrected chi connectivity index (χ0v) is 17.1. The Morgan fingerprint density at radius 3 is 2.41 bits per heavy atom. The van der Waals surface area contributed by atoms with Crippen LogP contribution in [0.2, 0.25) is 0 Å². The smallest absolute Gasteiger partial charge is 0.343 e. The Hall–Kier alpha value is -4.45. The number of ether oxygens (including phenoxy) is 2. The Morgan fingerprint density at radius 1 is 0.781 bits per heavy atom. The minimum Gasteiger partial charge on any atom is -0.484 e. The third kappa shape index (κ3) is 5.58. The molecule has 0 aliphatic rings. The number of hydrazone groups is 1.